The summed E-state index contributed by atoms with van der Waals surface area (Å²) in [6, 6.07) is 12.4. The quantitative estimate of drug-likeness (QED) is 0.418. The van der Waals surface area contributed by atoms with Crippen molar-refractivity contribution in [2.45, 2.75) is 26.7 Å². The SMILES string of the molecule is COc1ccc(CCC(=O)c2cccc(OCC(=O)OCC(C)C)c2)cc1OC. The lowest BCUT2D eigenvalue weighted by Gasteiger charge is -2.10. The number of aryl methyl sites for hydroxylation is 1. The number of rotatable bonds is 11. The molecule has 0 unspecified atom stereocenters. The molecule has 0 radical (unpaired) electrons. The van der Waals surface area contributed by atoms with Crippen LogP contribution in [0.2, 0.25) is 0 Å². The monoisotopic (exact) mass is 400 g/mol. The van der Waals surface area contributed by atoms with Crippen LogP contribution in [0.3, 0.4) is 0 Å². The molecule has 6 heteroatoms. The number of carbonyl (C=O) groups excluding carboxylic acids is 2. The first-order valence-electron chi connectivity index (χ1n) is 9.55. The van der Waals surface area contributed by atoms with E-state index in [1.54, 1.807) is 38.5 Å². The molecule has 0 amide bonds. The maximum Gasteiger partial charge on any atom is 0.344 e. The second-order valence-electron chi connectivity index (χ2n) is 7.01. The van der Waals surface area contributed by atoms with E-state index in [9.17, 15) is 9.59 Å². The molecule has 0 aliphatic carbocycles. The molecule has 6 nitrogen and oxygen atoms in total. The highest BCUT2D eigenvalue weighted by Crippen LogP contribution is 2.28. The summed E-state index contributed by atoms with van der Waals surface area (Å²) in [6.07, 6.45) is 0.918. The molecule has 156 valence electrons. The largest absolute Gasteiger partial charge is 0.493 e. The second-order valence-corrected chi connectivity index (χ2v) is 7.01. The Balaban J connectivity index is 1.91. The van der Waals surface area contributed by atoms with E-state index >= 15 is 0 Å². The fourth-order valence-electron chi connectivity index (χ4n) is 2.64. The van der Waals surface area contributed by atoms with E-state index in [4.69, 9.17) is 18.9 Å². The van der Waals surface area contributed by atoms with Crippen LogP contribution < -0.4 is 14.2 Å². The maximum atomic E-state index is 12.6. The van der Waals surface area contributed by atoms with Gasteiger partial charge in [0.15, 0.2) is 23.9 Å². The van der Waals surface area contributed by atoms with Gasteiger partial charge < -0.3 is 18.9 Å². The smallest absolute Gasteiger partial charge is 0.344 e. The highest BCUT2D eigenvalue weighted by atomic mass is 16.6. The molecular weight excluding hydrogens is 372 g/mol. The van der Waals surface area contributed by atoms with E-state index in [1.165, 1.54) is 0 Å². The van der Waals surface area contributed by atoms with Gasteiger partial charge in [-0.3, -0.25) is 4.79 Å². The van der Waals surface area contributed by atoms with Crippen molar-refractivity contribution < 1.29 is 28.5 Å². The fraction of sp³-hybridized carbons (Fsp3) is 0.391. The van der Waals surface area contributed by atoms with Gasteiger partial charge in [-0.05, 0) is 42.2 Å². The lowest BCUT2D eigenvalue weighted by molar-refractivity contribution is -0.147. The molecule has 0 aliphatic rings. The van der Waals surface area contributed by atoms with Crippen LogP contribution in [-0.4, -0.2) is 39.2 Å². The topological polar surface area (TPSA) is 71.1 Å². The van der Waals surface area contributed by atoms with Crippen LogP contribution in [0, 0.1) is 5.92 Å². The van der Waals surface area contributed by atoms with Crippen molar-refractivity contribution in [3.63, 3.8) is 0 Å². The van der Waals surface area contributed by atoms with Crippen molar-refractivity contribution in [3.8, 4) is 17.2 Å². The molecule has 29 heavy (non-hydrogen) atoms. The maximum absolute atomic E-state index is 12.6. The van der Waals surface area contributed by atoms with Gasteiger partial charge in [-0.15, -0.1) is 0 Å². The number of Topliss-reactive ketones (excluding diaryl/α,β-unsaturated/α-hetero) is 1. The normalized spacial score (nSPS) is 10.5. The highest BCUT2D eigenvalue weighted by molar-refractivity contribution is 5.96. The number of hydrogen-bond acceptors (Lipinski definition) is 6. The van der Waals surface area contributed by atoms with Gasteiger partial charge in [0.2, 0.25) is 0 Å². The summed E-state index contributed by atoms with van der Waals surface area (Å²) in [5, 5.41) is 0. The highest BCUT2D eigenvalue weighted by Gasteiger charge is 2.11. The molecule has 0 atom stereocenters. The minimum Gasteiger partial charge on any atom is -0.493 e. The Bertz CT molecular complexity index is 828. The van der Waals surface area contributed by atoms with Crippen LogP contribution in [0.4, 0.5) is 0 Å². The first-order valence-corrected chi connectivity index (χ1v) is 9.55. The summed E-state index contributed by atoms with van der Waals surface area (Å²) in [5.74, 6) is 1.59. The van der Waals surface area contributed by atoms with Crippen molar-refractivity contribution in [3.05, 3.63) is 53.6 Å². The zero-order valence-corrected chi connectivity index (χ0v) is 17.4. The van der Waals surface area contributed by atoms with Gasteiger partial charge in [0.25, 0.3) is 0 Å². The molecule has 0 fully saturated rings. The van der Waals surface area contributed by atoms with Crippen molar-refractivity contribution >= 4 is 11.8 Å². The predicted octanol–water partition coefficient (Wildman–Crippen LogP) is 4.10. The molecule has 0 saturated carbocycles. The van der Waals surface area contributed by atoms with Crippen molar-refractivity contribution in [2.75, 3.05) is 27.4 Å². The lowest BCUT2D eigenvalue weighted by Crippen LogP contribution is -2.17. The molecule has 0 N–H and O–H groups in total. The molecule has 0 bridgehead atoms. The zero-order valence-electron chi connectivity index (χ0n) is 17.4. The van der Waals surface area contributed by atoms with E-state index in [1.807, 2.05) is 32.0 Å². The molecule has 0 heterocycles. The number of methoxy groups -OCH3 is 2. The van der Waals surface area contributed by atoms with Gasteiger partial charge in [0.1, 0.15) is 5.75 Å². The van der Waals surface area contributed by atoms with Crippen LogP contribution >= 0.6 is 0 Å². The summed E-state index contributed by atoms with van der Waals surface area (Å²) in [5.41, 5.74) is 1.52. The van der Waals surface area contributed by atoms with E-state index < -0.39 is 5.97 Å². The Hall–Kier alpha value is -3.02. The standard InChI is InChI=1S/C23H28O6/c1-16(2)14-29-23(25)15-28-19-7-5-6-18(13-19)20(24)10-8-17-9-11-21(26-3)22(12-17)27-4/h5-7,9,11-13,16H,8,10,14-15H2,1-4H3. The first kappa shape index (κ1) is 22.3. The third-order valence-corrected chi connectivity index (χ3v) is 4.18. The van der Waals surface area contributed by atoms with Crippen LogP contribution in [0.15, 0.2) is 42.5 Å². The van der Waals surface area contributed by atoms with Crippen LogP contribution in [0.25, 0.3) is 0 Å². The number of ketones is 1. The van der Waals surface area contributed by atoms with Gasteiger partial charge >= 0.3 is 5.97 Å². The molecule has 2 rings (SSSR count). The van der Waals surface area contributed by atoms with Crippen LogP contribution in [-0.2, 0) is 16.0 Å². The Morgan fingerprint density at radius 2 is 1.72 bits per heavy atom. The van der Waals surface area contributed by atoms with Crippen LogP contribution in [0.5, 0.6) is 17.2 Å². The molecule has 0 spiro atoms. The minimum absolute atomic E-state index is 0.00683. The second kappa shape index (κ2) is 11.1. The number of esters is 1. The van der Waals surface area contributed by atoms with Gasteiger partial charge in [0.05, 0.1) is 20.8 Å². The Morgan fingerprint density at radius 1 is 0.966 bits per heavy atom. The Labute approximate surface area is 171 Å². The number of benzene rings is 2. The summed E-state index contributed by atoms with van der Waals surface area (Å²) in [7, 11) is 3.16. The predicted molar refractivity (Wildman–Crippen MR) is 110 cm³/mol. The van der Waals surface area contributed by atoms with E-state index in [-0.39, 0.29) is 18.3 Å². The molecule has 0 aromatic heterocycles. The average molecular weight is 400 g/mol. The number of hydrogen-bond donors (Lipinski definition) is 0. The van der Waals surface area contributed by atoms with E-state index in [0.717, 1.165) is 5.56 Å². The summed E-state index contributed by atoms with van der Waals surface area (Å²) in [4.78, 5) is 24.2. The molecular formula is C23H28O6. The molecule has 0 aliphatic heterocycles. The Morgan fingerprint density at radius 3 is 2.41 bits per heavy atom. The summed E-state index contributed by atoms with van der Waals surface area (Å²) >= 11 is 0. The fourth-order valence-corrected chi connectivity index (χ4v) is 2.64. The van der Waals surface area contributed by atoms with Gasteiger partial charge in [-0.2, -0.15) is 0 Å². The van der Waals surface area contributed by atoms with Crippen molar-refractivity contribution in [2.24, 2.45) is 5.92 Å². The third kappa shape index (κ3) is 7.14. The minimum atomic E-state index is -0.427. The van der Waals surface area contributed by atoms with Gasteiger partial charge in [0, 0.05) is 12.0 Å². The summed E-state index contributed by atoms with van der Waals surface area (Å²) in [6.45, 7) is 4.10. The van der Waals surface area contributed by atoms with Crippen molar-refractivity contribution in [1.29, 1.82) is 0 Å². The molecule has 2 aromatic carbocycles. The van der Waals surface area contributed by atoms with E-state index in [0.29, 0.717) is 42.3 Å². The first-order chi connectivity index (χ1) is 13.9. The number of ether oxygens (including phenoxy) is 4. The Kier molecular flexibility index (Phi) is 8.52. The van der Waals surface area contributed by atoms with Gasteiger partial charge in [-0.1, -0.05) is 32.0 Å². The van der Waals surface area contributed by atoms with Gasteiger partial charge in [-0.25, -0.2) is 4.79 Å². The van der Waals surface area contributed by atoms with Crippen molar-refractivity contribution in [1.82, 2.24) is 0 Å². The lowest BCUT2D eigenvalue weighted by atomic mass is 10.0. The summed E-state index contributed by atoms with van der Waals surface area (Å²) < 4.78 is 21.1. The number of carbonyl (C=O) groups is 2. The van der Waals surface area contributed by atoms with E-state index in [2.05, 4.69) is 0 Å². The average Bonchev–Trinajstić information content (AvgIpc) is 2.74. The third-order valence-electron chi connectivity index (χ3n) is 4.18. The molecule has 2 aromatic rings. The zero-order chi connectivity index (χ0) is 21.2. The van der Waals surface area contributed by atoms with Crippen LogP contribution in [0.1, 0.15) is 36.2 Å². The molecule has 0 saturated heterocycles.